The number of ether oxygens (including phenoxy) is 1. The van der Waals surface area contributed by atoms with Gasteiger partial charge in [0.1, 0.15) is 5.54 Å². The van der Waals surface area contributed by atoms with E-state index in [2.05, 4.69) is 11.4 Å². The molecule has 3 nitrogen and oxygen atoms in total. The van der Waals surface area contributed by atoms with E-state index in [0.29, 0.717) is 11.2 Å². The van der Waals surface area contributed by atoms with Gasteiger partial charge < -0.3 is 10.1 Å². The van der Waals surface area contributed by atoms with Gasteiger partial charge in [-0.2, -0.15) is 17.0 Å². The van der Waals surface area contributed by atoms with Gasteiger partial charge in [0, 0.05) is 24.2 Å². The van der Waals surface area contributed by atoms with Gasteiger partial charge in [-0.15, -0.1) is 0 Å². The van der Waals surface area contributed by atoms with Crippen molar-refractivity contribution < 1.29 is 4.74 Å². The molecule has 1 saturated carbocycles. The second-order valence-corrected chi connectivity index (χ2v) is 6.02. The SMILES string of the molecule is CNC(C#N)(CSC1CCOCC1)C1CC1. The lowest BCUT2D eigenvalue weighted by Crippen LogP contribution is -2.46. The first-order chi connectivity index (χ1) is 7.80. The van der Waals surface area contributed by atoms with Crippen LogP contribution in [0.4, 0.5) is 0 Å². The van der Waals surface area contributed by atoms with Crippen molar-refractivity contribution in [1.82, 2.24) is 5.32 Å². The summed E-state index contributed by atoms with van der Waals surface area (Å²) in [6, 6.07) is 2.50. The molecule has 2 fully saturated rings. The lowest BCUT2D eigenvalue weighted by molar-refractivity contribution is 0.0999. The van der Waals surface area contributed by atoms with Crippen LogP contribution in [0.15, 0.2) is 0 Å². The Bertz CT molecular complexity index is 269. The van der Waals surface area contributed by atoms with Gasteiger partial charge in [0.25, 0.3) is 0 Å². The smallest absolute Gasteiger partial charge is 0.118 e. The van der Waals surface area contributed by atoms with Gasteiger partial charge in [0.2, 0.25) is 0 Å². The number of thioether (sulfide) groups is 1. The molecule has 0 aromatic heterocycles. The molecule has 0 spiro atoms. The largest absolute Gasteiger partial charge is 0.381 e. The first-order valence-corrected chi connectivity index (χ1v) is 7.15. The van der Waals surface area contributed by atoms with Crippen LogP contribution in [0, 0.1) is 17.2 Å². The molecule has 0 aromatic carbocycles. The molecule has 1 N–H and O–H groups in total. The van der Waals surface area contributed by atoms with E-state index in [1.807, 2.05) is 18.8 Å². The van der Waals surface area contributed by atoms with E-state index < -0.39 is 0 Å². The van der Waals surface area contributed by atoms with Crippen LogP contribution in [0.2, 0.25) is 0 Å². The van der Waals surface area contributed by atoms with Crippen molar-refractivity contribution in [3.8, 4) is 6.07 Å². The van der Waals surface area contributed by atoms with Crippen molar-refractivity contribution in [2.45, 2.75) is 36.5 Å². The molecule has 1 aliphatic carbocycles. The van der Waals surface area contributed by atoms with Gasteiger partial charge in [-0.1, -0.05) is 0 Å². The number of rotatable bonds is 5. The van der Waals surface area contributed by atoms with Gasteiger partial charge in [0.15, 0.2) is 0 Å². The highest BCUT2D eigenvalue weighted by molar-refractivity contribution is 8.00. The average molecular weight is 240 g/mol. The van der Waals surface area contributed by atoms with E-state index in [1.165, 1.54) is 12.8 Å². The van der Waals surface area contributed by atoms with Crippen LogP contribution in [-0.2, 0) is 4.74 Å². The standard InChI is InChI=1S/C12H20N2OS/c1-14-12(8-13,10-2-3-10)9-16-11-4-6-15-7-5-11/h10-11,14H,2-7,9H2,1H3. The van der Waals surface area contributed by atoms with E-state index in [-0.39, 0.29) is 5.54 Å². The summed E-state index contributed by atoms with van der Waals surface area (Å²) in [6.45, 7) is 1.78. The molecule has 1 atom stereocenters. The van der Waals surface area contributed by atoms with Crippen molar-refractivity contribution in [3.63, 3.8) is 0 Å². The zero-order chi connectivity index (χ0) is 11.4. The van der Waals surface area contributed by atoms with Crippen molar-refractivity contribution >= 4 is 11.8 Å². The third kappa shape index (κ3) is 2.71. The minimum absolute atomic E-state index is 0.275. The molecule has 1 heterocycles. The first-order valence-electron chi connectivity index (χ1n) is 6.10. The molecule has 0 amide bonds. The van der Waals surface area contributed by atoms with E-state index in [0.717, 1.165) is 31.8 Å². The predicted octanol–water partition coefficient (Wildman–Crippen LogP) is 1.79. The van der Waals surface area contributed by atoms with Crippen LogP contribution < -0.4 is 5.32 Å². The molecule has 1 saturated heterocycles. The summed E-state index contributed by atoms with van der Waals surface area (Å²) in [6.07, 6.45) is 4.70. The van der Waals surface area contributed by atoms with Crippen LogP contribution in [0.25, 0.3) is 0 Å². The van der Waals surface area contributed by atoms with E-state index in [1.54, 1.807) is 0 Å². The maximum absolute atomic E-state index is 9.37. The summed E-state index contributed by atoms with van der Waals surface area (Å²) < 4.78 is 5.35. The number of nitriles is 1. The topological polar surface area (TPSA) is 45.0 Å². The highest BCUT2D eigenvalue weighted by atomic mass is 32.2. The Kier molecular flexibility index (Phi) is 4.12. The van der Waals surface area contributed by atoms with Crippen molar-refractivity contribution in [2.24, 2.45) is 5.92 Å². The Balaban J connectivity index is 1.83. The average Bonchev–Trinajstić information content (AvgIpc) is 3.17. The molecule has 0 aromatic rings. The minimum Gasteiger partial charge on any atom is -0.381 e. The van der Waals surface area contributed by atoms with Crippen LogP contribution in [0.1, 0.15) is 25.7 Å². The second kappa shape index (κ2) is 5.39. The summed E-state index contributed by atoms with van der Waals surface area (Å²) in [5, 5.41) is 13.3. The summed E-state index contributed by atoms with van der Waals surface area (Å²) in [5.74, 6) is 1.50. The lowest BCUT2D eigenvalue weighted by Gasteiger charge is -2.29. The van der Waals surface area contributed by atoms with Gasteiger partial charge in [-0.05, 0) is 38.6 Å². The quantitative estimate of drug-likeness (QED) is 0.796. The van der Waals surface area contributed by atoms with Crippen molar-refractivity contribution in [2.75, 3.05) is 26.0 Å². The molecule has 4 heteroatoms. The Morgan fingerprint density at radius 3 is 2.56 bits per heavy atom. The Hall–Kier alpha value is -0.240. The summed E-state index contributed by atoms with van der Waals surface area (Å²) >= 11 is 1.96. The Labute approximate surface area is 102 Å². The molecule has 0 radical (unpaired) electrons. The lowest BCUT2D eigenvalue weighted by atomic mass is 9.98. The molecule has 90 valence electrons. The number of hydrogen-bond donors (Lipinski definition) is 1. The molecular formula is C12H20N2OS. The maximum Gasteiger partial charge on any atom is 0.118 e. The van der Waals surface area contributed by atoms with E-state index in [4.69, 9.17) is 4.74 Å². The highest BCUT2D eigenvalue weighted by Crippen LogP contribution is 2.42. The van der Waals surface area contributed by atoms with Crippen LogP contribution in [-0.4, -0.2) is 36.8 Å². The normalized spacial score (nSPS) is 26.0. The fourth-order valence-electron chi connectivity index (χ4n) is 2.24. The summed E-state index contributed by atoms with van der Waals surface area (Å²) in [7, 11) is 1.92. The second-order valence-electron chi connectivity index (χ2n) is 4.73. The molecule has 0 bridgehead atoms. The molecule has 2 rings (SSSR count). The summed E-state index contributed by atoms with van der Waals surface area (Å²) in [5.41, 5.74) is -0.275. The number of nitrogens with zero attached hydrogens (tertiary/aromatic N) is 1. The monoisotopic (exact) mass is 240 g/mol. The summed E-state index contributed by atoms with van der Waals surface area (Å²) in [4.78, 5) is 0. The minimum atomic E-state index is -0.275. The molecule has 1 unspecified atom stereocenters. The Morgan fingerprint density at radius 2 is 2.06 bits per heavy atom. The highest BCUT2D eigenvalue weighted by Gasteiger charge is 2.44. The third-order valence-corrected chi connectivity index (χ3v) is 5.20. The zero-order valence-electron chi connectivity index (χ0n) is 9.87. The number of nitrogens with one attached hydrogen (secondary N) is 1. The van der Waals surface area contributed by atoms with Gasteiger partial charge in [-0.25, -0.2) is 0 Å². The molecule has 2 aliphatic rings. The molecule has 1 aliphatic heterocycles. The Morgan fingerprint density at radius 1 is 1.38 bits per heavy atom. The third-order valence-electron chi connectivity index (χ3n) is 3.63. The molecular weight excluding hydrogens is 220 g/mol. The number of hydrogen-bond acceptors (Lipinski definition) is 4. The first kappa shape index (κ1) is 12.2. The van der Waals surface area contributed by atoms with Crippen LogP contribution in [0.5, 0.6) is 0 Å². The van der Waals surface area contributed by atoms with E-state index in [9.17, 15) is 5.26 Å². The molecule has 16 heavy (non-hydrogen) atoms. The van der Waals surface area contributed by atoms with Crippen LogP contribution >= 0.6 is 11.8 Å². The van der Waals surface area contributed by atoms with Crippen molar-refractivity contribution in [1.29, 1.82) is 5.26 Å². The van der Waals surface area contributed by atoms with Gasteiger partial charge >= 0.3 is 0 Å². The fraction of sp³-hybridized carbons (Fsp3) is 0.917. The van der Waals surface area contributed by atoms with Crippen LogP contribution in [0.3, 0.4) is 0 Å². The van der Waals surface area contributed by atoms with E-state index >= 15 is 0 Å². The predicted molar refractivity (Wildman–Crippen MR) is 66.4 cm³/mol. The van der Waals surface area contributed by atoms with Gasteiger partial charge in [-0.3, -0.25) is 0 Å². The zero-order valence-corrected chi connectivity index (χ0v) is 10.7. The fourth-order valence-corrected chi connectivity index (χ4v) is 3.71. The van der Waals surface area contributed by atoms with Gasteiger partial charge in [0.05, 0.1) is 6.07 Å². The maximum atomic E-state index is 9.37. The van der Waals surface area contributed by atoms with Crippen molar-refractivity contribution in [3.05, 3.63) is 0 Å².